The van der Waals surface area contributed by atoms with Gasteiger partial charge in [0.25, 0.3) is 0 Å². The Balaban J connectivity index is 0.00000267. The summed E-state index contributed by atoms with van der Waals surface area (Å²) in [5.74, 6) is -0.351. The number of carboxylic acid groups (broad SMARTS) is 1. The fourth-order valence-corrected chi connectivity index (χ4v) is 5.02. The average Bonchev–Trinajstić information content (AvgIpc) is 3.12. The van der Waals surface area contributed by atoms with Gasteiger partial charge in [-0.1, -0.05) is 73.7 Å². The third-order valence-electron chi connectivity index (χ3n) is 6.98. The van der Waals surface area contributed by atoms with E-state index >= 15 is 0 Å². The normalized spacial score (nSPS) is 18.1. The van der Waals surface area contributed by atoms with Crippen molar-refractivity contribution in [3.63, 3.8) is 0 Å². The molecule has 8 N–H and O–H groups in total. The number of benzene rings is 3. The van der Waals surface area contributed by atoms with Crippen molar-refractivity contribution < 1.29 is 30.4 Å². The fourth-order valence-electron chi connectivity index (χ4n) is 5.02. The van der Waals surface area contributed by atoms with Gasteiger partial charge in [-0.25, -0.2) is 0 Å². The summed E-state index contributed by atoms with van der Waals surface area (Å²) in [6.45, 7) is 2.62. The van der Waals surface area contributed by atoms with E-state index in [0.717, 1.165) is 24.0 Å². The number of carboxylic acids is 1. The van der Waals surface area contributed by atoms with Crippen molar-refractivity contribution in [3.8, 4) is 16.9 Å². The number of nitrogens with zero attached hydrogens (tertiary/aromatic N) is 1. The lowest BCUT2D eigenvalue weighted by Crippen LogP contribution is -2.39. The fraction of sp³-hybridized carbons (Fsp3) is 0.300. The second kappa shape index (κ2) is 13.5. The molecule has 1 fully saturated rings. The molecule has 1 saturated heterocycles. The van der Waals surface area contributed by atoms with Crippen LogP contribution in [0, 0.1) is 10.8 Å². The van der Waals surface area contributed by atoms with Gasteiger partial charge in [-0.15, -0.1) is 0 Å². The highest BCUT2D eigenvalue weighted by Gasteiger charge is 2.49. The summed E-state index contributed by atoms with van der Waals surface area (Å²) in [5, 5.41) is 16.9. The molecule has 1 amide bonds. The largest absolute Gasteiger partial charge is 0.491 e. The second-order valence-electron chi connectivity index (χ2n) is 9.90. The molecule has 39 heavy (non-hydrogen) atoms. The van der Waals surface area contributed by atoms with Crippen LogP contribution in [0.25, 0.3) is 11.1 Å². The highest BCUT2D eigenvalue weighted by molar-refractivity contribution is 5.95. The molecule has 0 unspecified atom stereocenters. The molecule has 0 saturated carbocycles. The lowest BCUT2D eigenvalue weighted by molar-refractivity contribution is -0.146. The second-order valence-corrected chi connectivity index (χ2v) is 9.90. The van der Waals surface area contributed by atoms with E-state index in [1.165, 1.54) is 5.56 Å². The molecule has 3 aromatic carbocycles. The summed E-state index contributed by atoms with van der Waals surface area (Å²) < 4.78 is 6.09. The maximum Gasteiger partial charge on any atom is 0.304 e. The number of hydrogen-bond donors (Lipinski definition) is 3. The topological polar surface area (TPSA) is 180 Å². The summed E-state index contributed by atoms with van der Waals surface area (Å²) >= 11 is 0. The first kappa shape index (κ1) is 31.0. The van der Waals surface area contributed by atoms with E-state index < -0.39 is 11.4 Å². The summed E-state index contributed by atoms with van der Waals surface area (Å²) in [4.78, 5) is 26.6. The minimum Gasteiger partial charge on any atom is -0.491 e. The number of hydrogen-bond acceptors (Lipinski definition) is 4. The smallest absolute Gasteiger partial charge is 0.304 e. The van der Waals surface area contributed by atoms with Crippen LogP contribution in [0.3, 0.4) is 0 Å². The van der Waals surface area contributed by atoms with Crippen molar-refractivity contribution in [2.24, 2.45) is 11.1 Å². The molecule has 0 radical (unpaired) electrons. The van der Waals surface area contributed by atoms with Gasteiger partial charge < -0.3 is 31.4 Å². The number of rotatable bonds is 11. The van der Waals surface area contributed by atoms with Crippen molar-refractivity contribution >= 4 is 17.7 Å². The molecule has 9 nitrogen and oxygen atoms in total. The van der Waals surface area contributed by atoms with E-state index in [-0.39, 0.29) is 35.2 Å². The minimum absolute atomic E-state index is 0. The molecule has 2 atom stereocenters. The van der Waals surface area contributed by atoms with Crippen LogP contribution in [-0.4, -0.2) is 57.9 Å². The molecule has 3 aromatic rings. The van der Waals surface area contributed by atoms with Crippen molar-refractivity contribution in [3.05, 3.63) is 90.0 Å². The standard InChI is InChI=1S/C30H33N3O4.2H2O/c1-30(19-27(34)35)18-25(33(29(30)36)17-5-8-21-6-3-2-4-7-21)20-37-26-15-13-23(14-16-26)22-9-11-24(12-10-22)28(31)32;;/h2-4,6-7,9-16,25H,5,8,17-20H2,1H3,(H3,31,32)(H,34,35);2*1H2/t25-,30-;;/m0../s1. The number of likely N-dealkylation sites (tertiary alicyclic amines) is 1. The lowest BCUT2D eigenvalue weighted by atomic mass is 9.84. The molecular weight excluding hydrogens is 498 g/mol. The van der Waals surface area contributed by atoms with Crippen LogP contribution in [-0.2, 0) is 16.0 Å². The van der Waals surface area contributed by atoms with Crippen molar-refractivity contribution in [1.82, 2.24) is 4.90 Å². The Morgan fingerprint density at radius 3 is 2.18 bits per heavy atom. The van der Waals surface area contributed by atoms with Crippen molar-refractivity contribution in [2.45, 2.75) is 38.6 Å². The Labute approximate surface area is 228 Å². The number of amidine groups is 1. The number of carbonyl (C=O) groups is 2. The maximum absolute atomic E-state index is 13.3. The number of ether oxygens (including phenoxy) is 1. The Morgan fingerprint density at radius 2 is 1.62 bits per heavy atom. The highest BCUT2D eigenvalue weighted by Crippen LogP contribution is 2.39. The molecule has 0 bridgehead atoms. The number of nitrogen functional groups attached to an aromatic ring is 1. The minimum atomic E-state index is -0.964. The summed E-state index contributed by atoms with van der Waals surface area (Å²) in [6, 6.07) is 25.1. The van der Waals surface area contributed by atoms with E-state index in [1.54, 1.807) is 6.92 Å². The Hall–Kier alpha value is -4.21. The zero-order valence-electron chi connectivity index (χ0n) is 22.0. The van der Waals surface area contributed by atoms with Crippen LogP contribution < -0.4 is 10.5 Å². The van der Waals surface area contributed by atoms with Gasteiger partial charge >= 0.3 is 5.97 Å². The number of carbonyl (C=O) groups excluding carboxylic acids is 1. The highest BCUT2D eigenvalue weighted by atomic mass is 16.5. The van der Waals surface area contributed by atoms with E-state index in [9.17, 15) is 14.7 Å². The molecule has 1 aliphatic heterocycles. The van der Waals surface area contributed by atoms with Gasteiger partial charge in [0.15, 0.2) is 0 Å². The SMILES string of the molecule is C[C@@]1(CC(=O)O)C[C@@H](COc2ccc(-c3ccc(C(=N)N)cc3)cc2)N(CCCc2ccccc2)C1=O.O.O. The van der Waals surface area contributed by atoms with E-state index in [2.05, 4.69) is 12.1 Å². The van der Waals surface area contributed by atoms with E-state index in [1.807, 2.05) is 71.6 Å². The number of aliphatic carboxylic acids is 1. The number of amides is 1. The maximum atomic E-state index is 13.3. The van der Waals surface area contributed by atoms with Crippen LogP contribution in [0.15, 0.2) is 78.9 Å². The van der Waals surface area contributed by atoms with Gasteiger partial charge in [0, 0.05) is 12.1 Å². The molecule has 0 aliphatic carbocycles. The molecule has 4 rings (SSSR count). The Bertz CT molecular complexity index is 1250. The first-order chi connectivity index (χ1) is 17.7. The van der Waals surface area contributed by atoms with Crippen LogP contribution >= 0.6 is 0 Å². The van der Waals surface area contributed by atoms with Crippen molar-refractivity contribution in [2.75, 3.05) is 13.2 Å². The first-order valence-electron chi connectivity index (χ1n) is 12.5. The van der Waals surface area contributed by atoms with Crippen LogP contribution in [0.5, 0.6) is 5.75 Å². The quantitative estimate of drug-likeness (QED) is 0.252. The number of nitrogens with one attached hydrogen (secondary N) is 1. The monoisotopic (exact) mass is 535 g/mol. The zero-order valence-corrected chi connectivity index (χ0v) is 22.0. The first-order valence-corrected chi connectivity index (χ1v) is 12.5. The molecular formula is C30H37N3O6. The van der Waals surface area contributed by atoms with Crippen LogP contribution in [0.2, 0.25) is 0 Å². The number of nitrogens with two attached hydrogens (primary N) is 1. The molecule has 0 spiro atoms. The predicted octanol–water partition coefficient (Wildman–Crippen LogP) is 3.08. The number of aryl methyl sites for hydroxylation is 1. The van der Waals surface area contributed by atoms with E-state index in [4.69, 9.17) is 15.9 Å². The van der Waals surface area contributed by atoms with Gasteiger partial charge in [-0.05, 0) is 48.1 Å². The van der Waals surface area contributed by atoms with Crippen LogP contribution in [0.1, 0.15) is 37.3 Å². The molecule has 208 valence electrons. The van der Waals surface area contributed by atoms with Gasteiger partial charge in [0.05, 0.1) is 17.9 Å². The molecule has 1 aliphatic rings. The predicted molar refractivity (Wildman–Crippen MR) is 151 cm³/mol. The van der Waals surface area contributed by atoms with Gasteiger partial charge in [0.1, 0.15) is 18.2 Å². The van der Waals surface area contributed by atoms with E-state index in [0.29, 0.717) is 30.9 Å². The van der Waals surface area contributed by atoms with Crippen LogP contribution in [0.4, 0.5) is 0 Å². The molecule has 1 heterocycles. The summed E-state index contributed by atoms with van der Waals surface area (Å²) in [6.07, 6.45) is 1.91. The van der Waals surface area contributed by atoms with Gasteiger partial charge in [0.2, 0.25) is 5.91 Å². The van der Waals surface area contributed by atoms with Gasteiger partial charge in [-0.2, -0.15) is 0 Å². The zero-order chi connectivity index (χ0) is 26.4. The molecule has 9 heteroatoms. The Morgan fingerprint density at radius 1 is 1.03 bits per heavy atom. The molecule has 0 aromatic heterocycles. The Kier molecular flexibility index (Phi) is 10.8. The van der Waals surface area contributed by atoms with Gasteiger partial charge in [-0.3, -0.25) is 15.0 Å². The lowest BCUT2D eigenvalue weighted by Gasteiger charge is -2.25. The third kappa shape index (κ3) is 7.66. The average molecular weight is 536 g/mol. The van der Waals surface area contributed by atoms with Crippen molar-refractivity contribution in [1.29, 1.82) is 5.41 Å². The third-order valence-corrected chi connectivity index (χ3v) is 6.98. The summed E-state index contributed by atoms with van der Waals surface area (Å²) in [7, 11) is 0. The summed E-state index contributed by atoms with van der Waals surface area (Å²) in [5.41, 5.74) is 8.51.